The van der Waals surface area contributed by atoms with Gasteiger partial charge in [0.05, 0.1) is 0 Å². The molecule has 1 aliphatic rings. The summed E-state index contributed by atoms with van der Waals surface area (Å²) in [5, 5.41) is 8.05. The van der Waals surface area contributed by atoms with Gasteiger partial charge in [0.2, 0.25) is 10.0 Å². The van der Waals surface area contributed by atoms with Gasteiger partial charge in [-0.2, -0.15) is 0 Å². The summed E-state index contributed by atoms with van der Waals surface area (Å²) in [5.41, 5.74) is 0.0737. The average Bonchev–Trinajstić information content (AvgIpc) is 3.10. The minimum Gasteiger partial charge on any atom is -0.453 e. The lowest BCUT2D eigenvalue weighted by molar-refractivity contribution is 0.0451. The van der Waals surface area contributed by atoms with Crippen molar-refractivity contribution >= 4 is 16.0 Å². The molecular formula is C14H19N5O4S. The van der Waals surface area contributed by atoms with E-state index in [1.165, 1.54) is 26.4 Å². The topological polar surface area (TPSA) is 110 Å². The van der Waals surface area contributed by atoms with Crippen LogP contribution in [0.15, 0.2) is 17.2 Å². The number of carbonyl (C=O) groups is 1. The summed E-state index contributed by atoms with van der Waals surface area (Å²) in [6.07, 6.45) is 3.41. The molecule has 2 heterocycles. The third-order valence-electron chi connectivity index (χ3n) is 3.84. The molecular weight excluding hydrogens is 334 g/mol. The Labute approximate surface area is 139 Å². The smallest absolute Gasteiger partial charge is 0.355 e. The minimum absolute atomic E-state index is 0.00897. The molecule has 0 spiro atoms. The lowest BCUT2D eigenvalue weighted by Crippen LogP contribution is -2.21. The quantitative estimate of drug-likeness (QED) is 0.771. The van der Waals surface area contributed by atoms with E-state index in [2.05, 4.69) is 15.2 Å². The van der Waals surface area contributed by atoms with Crippen molar-refractivity contribution in [1.29, 1.82) is 0 Å². The summed E-state index contributed by atoms with van der Waals surface area (Å²) in [7, 11) is -0.747. The Morgan fingerprint density at radius 3 is 2.75 bits per heavy atom. The summed E-state index contributed by atoms with van der Waals surface area (Å²) in [6.45, 7) is 1.85. The summed E-state index contributed by atoms with van der Waals surface area (Å²) in [4.78, 5) is 14.8. The number of esters is 1. The molecule has 0 aliphatic heterocycles. The molecule has 9 nitrogen and oxygen atoms in total. The molecule has 1 aliphatic carbocycles. The summed E-state index contributed by atoms with van der Waals surface area (Å²) in [5.74, 6) is 0.747. The maximum atomic E-state index is 12.1. The van der Waals surface area contributed by atoms with E-state index >= 15 is 0 Å². The van der Waals surface area contributed by atoms with Gasteiger partial charge in [-0.25, -0.2) is 17.5 Å². The van der Waals surface area contributed by atoms with Crippen LogP contribution in [0.1, 0.15) is 41.0 Å². The van der Waals surface area contributed by atoms with E-state index < -0.39 is 16.0 Å². The fraction of sp³-hybridized carbons (Fsp3) is 0.500. The highest BCUT2D eigenvalue weighted by Crippen LogP contribution is 2.36. The van der Waals surface area contributed by atoms with E-state index in [1.807, 2.05) is 11.5 Å². The van der Waals surface area contributed by atoms with Gasteiger partial charge in [0.25, 0.3) is 0 Å². The molecule has 1 saturated carbocycles. The number of ether oxygens (including phenoxy) is 1. The van der Waals surface area contributed by atoms with E-state index in [-0.39, 0.29) is 17.2 Å². The van der Waals surface area contributed by atoms with Gasteiger partial charge in [-0.3, -0.25) is 0 Å². The molecule has 3 rings (SSSR count). The zero-order valence-corrected chi connectivity index (χ0v) is 14.5. The fourth-order valence-electron chi connectivity index (χ4n) is 2.38. The summed E-state index contributed by atoms with van der Waals surface area (Å²) < 4.78 is 32.3. The second-order valence-corrected chi connectivity index (χ2v) is 8.03. The van der Waals surface area contributed by atoms with Crippen LogP contribution in [-0.4, -0.2) is 52.5 Å². The lowest BCUT2D eigenvalue weighted by atomic mass is 10.4. The summed E-state index contributed by atoms with van der Waals surface area (Å²) >= 11 is 0. The molecule has 10 heteroatoms. The van der Waals surface area contributed by atoms with Crippen molar-refractivity contribution in [3.8, 4) is 0 Å². The standard InChI is InChI=1S/C14H19N5O4S/c1-9-16-17-13(19(9)10-4-5-10)8-23-14(20)12-6-11(7-15-12)24(21,22)18(2)3/h6-7,10,15H,4-5,8H2,1-3H3. The van der Waals surface area contributed by atoms with Gasteiger partial charge in [0.15, 0.2) is 12.4 Å². The van der Waals surface area contributed by atoms with E-state index in [0.29, 0.717) is 11.9 Å². The van der Waals surface area contributed by atoms with Crippen molar-refractivity contribution in [3.05, 3.63) is 29.6 Å². The fourth-order valence-corrected chi connectivity index (χ4v) is 3.28. The number of nitrogens with zero attached hydrogens (tertiary/aromatic N) is 4. The molecule has 0 saturated heterocycles. The van der Waals surface area contributed by atoms with Gasteiger partial charge in [-0.15, -0.1) is 10.2 Å². The van der Waals surface area contributed by atoms with Crippen molar-refractivity contribution in [2.75, 3.05) is 14.1 Å². The molecule has 0 bridgehead atoms. The number of hydrogen-bond acceptors (Lipinski definition) is 6. The number of rotatable bonds is 6. The Morgan fingerprint density at radius 1 is 1.42 bits per heavy atom. The number of aryl methyl sites for hydroxylation is 1. The number of aromatic amines is 1. The van der Waals surface area contributed by atoms with E-state index in [0.717, 1.165) is 23.0 Å². The molecule has 0 unspecified atom stereocenters. The highest BCUT2D eigenvalue weighted by atomic mass is 32.2. The Hall–Kier alpha value is -2.20. The first-order valence-electron chi connectivity index (χ1n) is 7.49. The number of carbonyl (C=O) groups excluding carboxylic acids is 1. The van der Waals surface area contributed by atoms with Crippen molar-refractivity contribution in [2.24, 2.45) is 0 Å². The predicted octanol–water partition coefficient (Wildman–Crippen LogP) is 0.857. The predicted molar refractivity (Wildman–Crippen MR) is 83.8 cm³/mol. The van der Waals surface area contributed by atoms with Crippen LogP contribution >= 0.6 is 0 Å². The molecule has 130 valence electrons. The van der Waals surface area contributed by atoms with Gasteiger partial charge >= 0.3 is 5.97 Å². The van der Waals surface area contributed by atoms with Crippen LogP contribution in [-0.2, 0) is 21.4 Å². The average molecular weight is 353 g/mol. The van der Waals surface area contributed by atoms with Crippen LogP contribution < -0.4 is 0 Å². The second-order valence-electron chi connectivity index (χ2n) is 5.88. The number of hydrogen-bond donors (Lipinski definition) is 1. The van der Waals surface area contributed by atoms with Gasteiger partial charge < -0.3 is 14.3 Å². The van der Waals surface area contributed by atoms with Gasteiger partial charge in [-0.05, 0) is 25.8 Å². The number of nitrogens with one attached hydrogen (secondary N) is 1. The minimum atomic E-state index is -3.60. The Morgan fingerprint density at radius 2 is 2.12 bits per heavy atom. The van der Waals surface area contributed by atoms with Crippen LogP contribution in [0.4, 0.5) is 0 Å². The normalized spacial score (nSPS) is 15.0. The number of aromatic nitrogens is 4. The van der Waals surface area contributed by atoms with Crippen molar-refractivity contribution in [2.45, 2.75) is 37.3 Å². The summed E-state index contributed by atoms with van der Waals surface area (Å²) in [6, 6.07) is 1.64. The zero-order chi connectivity index (χ0) is 17.5. The Balaban J connectivity index is 1.69. The van der Waals surface area contributed by atoms with Gasteiger partial charge in [0, 0.05) is 26.3 Å². The molecule has 1 N–H and O–H groups in total. The number of sulfonamides is 1. The number of H-pyrrole nitrogens is 1. The first-order valence-corrected chi connectivity index (χ1v) is 8.93. The van der Waals surface area contributed by atoms with Crippen LogP contribution in [0, 0.1) is 6.92 Å². The molecule has 24 heavy (non-hydrogen) atoms. The molecule has 0 atom stereocenters. The van der Waals surface area contributed by atoms with E-state index in [9.17, 15) is 13.2 Å². The third kappa shape index (κ3) is 3.06. The van der Waals surface area contributed by atoms with E-state index in [1.54, 1.807) is 0 Å². The molecule has 2 aromatic heterocycles. The molecule has 0 radical (unpaired) electrons. The third-order valence-corrected chi connectivity index (χ3v) is 5.63. The van der Waals surface area contributed by atoms with E-state index in [4.69, 9.17) is 4.74 Å². The first kappa shape index (κ1) is 16.7. The molecule has 2 aromatic rings. The van der Waals surface area contributed by atoms with Crippen LogP contribution in [0.2, 0.25) is 0 Å². The van der Waals surface area contributed by atoms with Crippen LogP contribution in [0.5, 0.6) is 0 Å². The van der Waals surface area contributed by atoms with Crippen LogP contribution in [0.3, 0.4) is 0 Å². The highest BCUT2D eigenvalue weighted by Gasteiger charge is 2.28. The Kier molecular flexibility index (Phi) is 4.18. The maximum absolute atomic E-state index is 12.1. The monoisotopic (exact) mass is 353 g/mol. The molecule has 0 amide bonds. The van der Waals surface area contributed by atoms with Crippen molar-refractivity contribution < 1.29 is 17.9 Å². The van der Waals surface area contributed by atoms with Gasteiger partial charge in [-0.1, -0.05) is 0 Å². The van der Waals surface area contributed by atoms with Crippen molar-refractivity contribution in [3.63, 3.8) is 0 Å². The maximum Gasteiger partial charge on any atom is 0.355 e. The van der Waals surface area contributed by atoms with Crippen LogP contribution in [0.25, 0.3) is 0 Å². The SMILES string of the molecule is Cc1nnc(COC(=O)c2cc(S(=O)(=O)N(C)C)c[nH]2)n1C1CC1. The van der Waals surface area contributed by atoms with Gasteiger partial charge in [0.1, 0.15) is 16.4 Å². The molecule has 1 fully saturated rings. The largest absolute Gasteiger partial charge is 0.453 e. The lowest BCUT2D eigenvalue weighted by Gasteiger charge is -2.08. The second kappa shape index (κ2) is 6.02. The first-order chi connectivity index (χ1) is 11.3. The highest BCUT2D eigenvalue weighted by molar-refractivity contribution is 7.89. The molecule has 0 aromatic carbocycles. The van der Waals surface area contributed by atoms with Crippen molar-refractivity contribution in [1.82, 2.24) is 24.1 Å². The zero-order valence-electron chi connectivity index (χ0n) is 13.7. The Bertz CT molecular complexity index is 864.